The van der Waals surface area contributed by atoms with E-state index in [9.17, 15) is 13.2 Å². The van der Waals surface area contributed by atoms with Crippen molar-refractivity contribution in [2.24, 2.45) is 0 Å². The second-order valence-electron chi connectivity index (χ2n) is 8.88. The molecular weight excluding hydrogens is 365 g/mol. The molecule has 0 spiro atoms. The van der Waals surface area contributed by atoms with E-state index in [1.54, 1.807) is 36.4 Å². The van der Waals surface area contributed by atoms with Crippen molar-refractivity contribution in [2.75, 3.05) is 0 Å². The number of aryl methyl sites for hydroxylation is 1. The zero-order valence-electron chi connectivity index (χ0n) is 17.2. The predicted molar refractivity (Wildman–Crippen MR) is 108 cm³/mol. The SMILES string of the molecule is Cc1ccc(C(C)(c2ccc(O[Si](C)(C)C(C)(C)C)cc2)C(F)(F)F)cc1. The predicted octanol–water partition coefficient (Wildman–Crippen LogP) is 7.25. The Morgan fingerprint density at radius 1 is 0.741 bits per heavy atom. The lowest BCUT2D eigenvalue weighted by molar-refractivity contribution is -0.173. The van der Waals surface area contributed by atoms with Crippen LogP contribution in [-0.4, -0.2) is 14.5 Å². The average Bonchev–Trinajstić information content (AvgIpc) is 2.53. The fourth-order valence-corrected chi connectivity index (χ4v) is 3.72. The molecule has 0 aliphatic rings. The van der Waals surface area contributed by atoms with Gasteiger partial charge < -0.3 is 4.43 Å². The lowest BCUT2D eigenvalue weighted by Gasteiger charge is -2.37. The maximum atomic E-state index is 14.1. The van der Waals surface area contributed by atoms with Gasteiger partial charge in [0, 0.05) is 0 Å². The van der Waals surface area contributed by atoms with Crippen molar-refractivity contribution in [3.05, 3.63) is 65.2 Å². The van der Waals surface area contributed by atoms with E-state index in [2.05, 4.69) is 33.9 Å². The molecule has 0 heterocycles. The van der Waals surface area contributed by atoms with E-state index in [0.29, 0.717) is 5.75 Å². The number of benzene rings is 2. The highest BCUT2D eigenvalue weighted by atomic mass is 28.4. The molecule has 0 amide bonds. The van der Waals surface area contributed by atoms with Crippen LogP contribution < -0.4 is 4.43 Å². The third-order valence-corrected chi connectivity index (χ3v) is 10.2. The van der Waals surface area contributed by atoms with Crippen molar-refractivity contribution < 1.29 is 17.6 Å². The molecular formula is C22H29F3OSi. The second kappa shape index (κ2) is 7.01. The summed E-state index contributed by atoms with van der Waals surface area (Å²) in [5, 5.41) is 0.0219. The van der Waals surface area contributed by atoms with Crippen LogP contribution in [0.15, 0.2) is 48.5 Å². The Labute approximate surface area is 161 Å². The highest BCUT2D eigenvalue weighted by Crippen LogP contribution is 2.46. The van der Waals surface area contributed by atoms with Crippen molar-refractivity contribution in [1.82, 2.24) is 0 Å². The largest absolute Gasteiger partial charge is 0.544 e. The van der Waals surface area contributed by atoms with Gasteiger partial charge in [0.2, 0.25) is 8.32 Å². The summed E-state index contributed by atoms with van der Waals surface area (Å²) in [7, 11) is -2.04. The fourth-order valence-electron chi connectivity index (χ4n) is 2.68. The molecule has 2 aromatic carbocycles. The van der Waals surface area contributed by atoms with Crippen LogP contribution in [0.25, 0.3) is 0 Å². The van der Waals surface area contributed by atoms with Crippen LogP contribution >= 0.6 is 0 Å². The number of hydrogen-bond donors (Lipinski definition) is 0. The number of hydrogen-bond acceptors (Lipinski definition) is 1. The summed E-state index contributed by atoms with van der Waals surface area (Å²) in [6.45, 7) is 13.7. The summed E-state index contributed by atoms with van der Waals surface area (Å²) in [4.78, 5) is 0. The standard InChI is InChI=1S/C22H29F3OSi/c1-16-8-10-17(11-9-16)21(5,22(23,24)25)18-12-14-19(15-13-18)26-27(6,7)20(2,3)4/h8-15H,1-7H3. The molecule has 0 N–H and O–H groups in total. The van der Waals surface area contributed by atoms with E-state index in [1.165, 1.54) is 19.1 Å². The fraction of sp³-hybridized carbons (Fsp3) is 0.455. The van der Waals surface area contributed by atoms with Crippen LogP contribution in [0.5, 0.6) is 5.75 Å². The Morgan fingerprint density at radius 2 is 1.15 bits per heavy atom. The summed E-state index contributed by atoms with van der Waals surface area (Å²) < 4.78 is 48.4. The van der Waals surface area contributed by atoms with E-state index in [0.717, 1.165) is 5.56 Å². The van der Waals surface area contributed by atoms with Gasteiger partial charge in [-0.05, 0) is 55.2 Å². The van der Waals surface area contributed by atoms with Crippen LogP contribution in [-0.2, 0) is 5.41 Å². The summed E-state index contributed by atoms with van der Waals surface area (Å²) in [5.74, 6) is 0.624. The summed E-state index contributed by atoms with van der Waals surface area (Å²) in [5.41, 5.74) is -0.697. The van der Waals surface area contributed by atoms with Gasteiger partial charge in [0.05, 0.1) is 0 Å². The lowest BCUT2D eigenvalue weighted by atomic mass is 9.75. The molecule has 0 aromatic heterocycles. The highest BCUT2D eigenvalue weighted by Gasteiger charge is 2.53. The molecule has 5 heteroatoms. The van der Waals surface area contributed by atoms with Crippen molar-refractivity contribution in [2.45, 2.75) is 64.3 Å². The van der Waals surface area contributed by atoms with E-state index >= 15 is 0 Å². The Morgan fingerprint density at radius 3 is 1.52 bits per heavy atom. The molecule has 0 saturated carbocycles. The normalized spacial score (nSPS) is 15.3. The molecule has 0 bridgehead atoms. The van der Waals surface area contributed by atoms with Gasteiger partial charge in [-0.3, -0.25) is 0 Å². The van der Waals surface area contributed by atoms with Crippen molar-refractivity contribution >= 4 is 8.32 Å². The Balaban J connectivity index is 2.43. The van der Waals surface area contributed by atoms with Gasteiger partial charge in [0.1, 0.15) is 11.2 Å². The molecule has 2 rings (SSSR count). The number of halogens is 3. The van der Waals surface area contributed by atoms with Crippen LogP contribution in [0.1, 0.15) is 44.4 Å². The number of alkyl halides is 3. The quantitative estimate of drug-likeness (QED) is 0.496. The first-order valence-electron chi connectivity index (χ1n) is 9.12. The second-order valence-corrected chi connectivity index (χ2v) is 13.6. The summed E-state index contributed by atoms with van der Waals surface area (Å²) in [6.07, 6.45) is -4.41. The summed E-state index contributed by atoms with van der Waals surface area (Å²) >= 11 is 0. The Bertz CT molecular complexity index is 771. The van der Waals surface area contributed by atoms with Crippen LogP contribution in [0.4, 0.5) is 13.2 Å². The molecule has 0 aliphatic carbocycles. The maximum Gasteiger partial charge on any atom is 0.402 e. The third-order valence-electron chi connectivity index (χ3n) is 5.81. The third kappa shape index (κ3) is 4.23. The van der Waals surface area contributed by atoms with Crippen molar-refractivity contribution in [1.29, 1.82) is 0 Å². The first-order chi connectivity index (χ1) is 12.2. The molecule has 1 nitrogen and oxygen atoms in total. The summed E-state index contributed by atoms with van der Waals surface area (Å²) in [6, 6.07) is 12.9. The molecule has 148 valence electrons. The van der Waals surface area contributed by atoms with Crippen molar-refractivity contribution in [3.8, 4) is 5.75 Å². The lowest BCUT2D eigenvalue weighted by Crippen LogP contribution is -2.44. The minimum Gasteiger partial charge on any atom is -0.544 e. The molecule has 0 saturated heterocycles. The zero-order chi connectivity index (χ0) is 20.7. The molecule has 1 atom stereocenters. The van der Waals surface area contributed by atoms with Crippen LogP contribution in [0, 0.1) is 6.92 Å². The monoisotopic (exact) mass is 394 g/mol. The van der Waals surface area contributed by atoms with Gasteiger partial charge >= 0.3 is 6.18 Å². The molecule has 0 fully saturated rings. The first kappa shape index (κ1) is 21.5. The van der Waals surface area contributed by atoms with Gasteiger partial charge in [-0.15, -0.1) is 0 Å². The first-order valence-corrected chi connectivity index (χ1v) is 12.0. The number of rotatable bonds is 4. The van der Waals surface area contributed by atoms with E-state index in [1.807, 2.05) is 6.92 Å². The highest BCUT2D eigenvalue weighted by molar-refractivity contribution is 6.74. The molecule has 0 radical (unpaired) electrons. The topological polar surface area (TPSA) is 9.23 Å². The Kier molecular flexibility index (Phi) is 5.59. The van der Waals surface area contributed by atoms with Gasteiger partial charge in [-0.25, -0.2) is 0 Å². The van der Waals surface area contributed by atoms with Gasteiger partial charge in [-0.2, -0.15) is 13.2 Å². The van der Waals surface area contributed by atoms with Gasteiger partial charge in [-0.1, -0.05) is 62.7 Å². The van der Waals surface area contributed by atoms with E-state index < -0.39 is 19.9 Å². The van der Waals surface area contributed by atoms with Gasteiger partial charge in [0.25, 0.3) is 0 Å². The minimum absolute atomic E-state index is 0.0219. The molecule has 2 aromatic rings. The van der Waals surface area contributed by atoms with E-state index in [-0.39, 0.29) is 16.2 Å². The molecule has 0 aliphatic heterocycles. The smallest absolute Gasteiger partial charge is 0.402 e. The zero-order valence-corrected chi connectivity index (χ0v) is 18.2. The molecule has 27 heavy (non-hydrogen) atoms. The van der Waals surface area contributed by atoms with Crippen molar-refractivity contribution in [3.63, 3.8) is 0 Å². The van der Waals surface area contributed by atoms with Gasteiger partial charge in [0.15, 0.2) is 0 Å². The van der Waals surface area contributed by atoms with Crippen LogP contribution in [0.3, 0.4) is 0 Å². The average molecular weight is 395 g/mol. The molecule has 1 unspecified atom stereocenters. The Hall–Kier alpha value is -1.75. The van der Waals surface area contributed by atoms with E-state index in [4.69, 9.17) is 4.43 Å². The maximum absolute atomic E-state index is 14.1. The minimum atomic E-state index is -4.41. The van der Waals surface area contributed by atoms with Crippen LogP contribution in [0.2, 0.25) is 18.1 Å².